The van der Waals surface area contributed by atoms with Gasteiger partial charge in [-0.3, -0.25) is 9.59 Å². The molecule has 1 saturated heterocycles. The van der Waals surface area contributed by atoms with E-state index in [-0.39, 0.29) is 45.4 Å². The molecule has 12 heteroatoms. The zero-order valence-electron chi connectivity index (χ0n) is 25.5. The maximum atomic E-state index is 13.2. The molecule has 2 heterocycles. The van der Waals surface area contributed by atoms with Gasteiger partial charge in [-0.25, -0.2) is 9.97 Å². The molecule has 1 aromatic heterocycles. The zero-order chi connectivity index (χ0) is 31.5. The van der Waals surface area contributed by atoms with E-state index in [2.05, 4.69) is 47.1 Å². The highest BCUT2D eigenvalue weighted by atomic mass is 35.5. The molecule has 1 unspecified atom stereocenters. The maximum absolute atomic E-state index is 13.2. The van der Waals surface area contributed by atoms with Crippen LogP contribution < -0.4 is 16.4 Å². The van der Waals surface area contributed by atoms with Crippen molar-refractivity contribution >= 4 is 40.1 Å². The Kier molecular flexibility index (Phi) is 14.3. The Morgan fingerprint density at radius 1 is 1.02 bits per heavy atom. The monoisotopic (exact) mass is 602 g/mol. The molecule has 41 heavy (non-hydrogen) atoms. The van der Waals surface area contributed by atoms with Gasteiger partial charge in [0.05, 0.1) is 11.1 Å². The number of fused-ring (bicyclic) bond motifs is 1. The highest BCUT2D eigenvalue weighted by molar-refractivity contribution is 6.28. The van der Waals surface area contributed by atoms with Gasteiger partial charge in [-0.2, -0.15) is 13.2 Å². The van der Waals surface area contributed by atoms with Crippen LogP contribution in [0.1, 0.15) is 93.1 Å². The molecule has 1 saturated carbocycles. The molecule has 1 aliphatic carbocycles. The third-order valence-corrected chi connectivity index (χ3v) is 6.49. The summed E-state index contributed by atoms with van der Waals surface area (Å²) in [5.74, 6) is -0.230. The van der Waals surface area contributed by atoms with Crippen molar-refractivity contribution in [3.63, 3.8) is 0 Å². The summed E-state index contributed by atoms with van der Waals surface area (Å²) in [5, 5.41) is 6.80. The molecule has 2 aromatic rings. The molecule has 4 rings (SSSR count). The van der Waals surface area contributed by atoms with Gasteiger partial charge in [0.25, 0.3) is 0 Å². The Bertz CT molecular complexity index is 1130. The Hall–Kier alpha value is -2.66. The molecule has 1 aliphatic heterocycles. The Balaban J connectivity index is 0.000000950. The van der Waals surface area contributed by atoms with Crippen molar-refractivity contribution in [3.8, 4) is 0 Å². The summed E-state index contributed by atoms with van der Waals surface area (Å²) in [6.45, 7) is 16.4. The number of primary amides is 1. The maximum Gasteiger partial charge on any atom is 0.416 e. The Labute approximate surface area is 247 Å². The SMILES string of the molecule is CC.CC.CC(C)(C)NC1CCC(N2CCC(Nc3nc(Cl)nc4ccc(C(F)(F)F)cc34)C2=O)CC1.CC(N)=O. The van der Waals surface area contributed by atoms with E-state index in [0.717, 1.165) is 37.8 Å². The second kappa shape index (κ2) is 16.1. The minimum atomic E-state index is -4.49. The van der Waals surface area contributed by atoms with Crippen LogP contribution in [-0.4, -0.2) is 56.9 Å². The summed E-state index contributed by atoms with van der Waals surface area (Å²) >= 11 is 6.00. The van der Waals surface area contributed by atoms with Crippen LogP contribution in [0.3, 0.4) is 0 Å². The van der Waals surface area contributed by atoms with Crippen LogP contribution >= 0.6 is 11.6 Å². The molecule has 0 spiro atoms. The van der Waals surface area contributed by atoms with Gasteiger partial charge in [-0.15, -0.1) is 0 Å². The van der Waals surface area contributed by atoms with Crippen LogP contribution in [0.4, 0.5) is 19.0 Å². The number of likely N-dealkylation sites (tertiary alicyclic amines) is 1. The lowest BCUT2D eigenvalue weighted by Crippen LogP contribution is -2.49. The highest BCUT2D eigenvalue weighted by Crippen LogP contribution is 2.34. The third-order valence-electron chi connectivity index (χ3n) is 6.32. The second-order valence-electron chi connectivity index (χ2n) is 10.6. The number of halogens is 4. The van der Waals surface area contributed by atoms with Gasteiger partial charge in [0.2, 0.25) is 17.1 Å². The number of hydrogen-bond donors (Lipinski definition) is 3. The van der Waals surface area contributed by atoms with Crippen molar-refractivity contribution in [1.82, 2.24) is 20.2 Å². The van der Waals surface area contributed by atoms with Crippen molar-refractivity contribution in [2.75, 3.05) is 11.9 Å². The molecule has 2 amide bonds. The lowest BCUT2D eigenvalue weighted by Gasteiger charge is -2.37. The van der Waals surface area contributed by atoms with Gasteiger partial charge in [-0.1, -0.05) is 27.7 Å². The molecular weight excluding hydrogens is 557 g/mol. The third kappa shape index (κ3) is 11.3. The second-order valence-corrected chi connectivity index (χ2v) is 10.9. The van der Waals surface area contributed by atoms with E-state index in [0.29, 0.717) is 19.0 Å². The van der Waals surface area contributed by atoms with E-state index in [1.165, 1.54) is 13.0 Å². The number of hydrogen-bond acceptors (Lipinski definition) is 6. The summed E-state index contributed by atoms with van der Waals surface area (Å²) < 4.78 is 39.7. The summed E-state index contributed by atoms with van der Waals surface area (Å²) in [4.78, 5) is 32.4. The number of carbonyl (C=O) groups is 2. The predicted molar refractivity (Wildman–Crippen MR) is 160 cm³/mol. The van der Waals surface area contributed by atoms with Gasteiger partial charge in [0, 0.05) is 36.5 Å². The topological polar surface area (TPSA) is 113 Å². The van der Waals surface area contributed by atoms with Gasteiger partial charge < -0.3 is 21.3 Å². The molecule has 0 bridgehead atoms. The summed E-state index contributed by atoms with van der Waals surface area (Å²) in [6, 6.07) is 3.30. The average Bonchev–Trinajstić information content (AvgIpc) is 3.24. The smallest absolute Gasteiger partial charge is 0.370 e. The molecule has 2 fully saturated rings. The highest BCUT2D eigenvalue weighted by Gasteiger charge is 2.38. The van der Waals surface area contributed by atoms with Gasteiger partial charge in [0.15, 0.2) is 0 Å². The van der Waals surface area contributed by atoms with Crippen molar-refractivity contribution in [1.29, 1.82) is 0 Å². The Morgan fingerprint density at radius 3 is 2.10 bits per heavy atom. The van der Waals surface area contributed by atoms with Crippen LogP contribution in [0.15, 0.2) is 18.2 Å². The van der Waals surface area contributed by atoms with Gasteiger partial charge >= 0.3 is 6.18 Å². The Morgan fingerprint density at radius 2 is 1.59 bits per heavy atom. The molecule has 1 atom stereocenters. The largest absolute Gasteiger partial charge is 0.416 e. The molecule has 2 aliphatic rings. The molecule has 232 valence electrons. The summed E-state index contributed by atoms with van der Waals surface area (Å²) in [7, 11) is 0. The van der Waals surface area contributed by atoms with Crippen LogP contribution in [0.25, 0.3) is 10.9 Å². The first-order valence-electron chi connectivity index (χ1n) is 14.3. The van der Waals surface area contributed by atoms with E-state index in [1.54, 1.807) is 0 Å². The molecule has 1 aromatic carbocycles. The number of rotatable bonds is 4. The van der Waals surface area contributed by atoms with Gasteiger partial charge in [-0.05, 0) is 82.7 Å². The van der Waals surface area contributed by atoms with Crippen LogP contribution in [0.5, 0.6) is 0 Å². The van der Waals surface area contributed by atoms with Crippen molar-refractivity contribution < 1.29 is 22.8 Å². The van der Waals surface area contributed by atoms with E-state index < -0.39 is 17.8 Å². The molecular formula is C29H46ClF3N6O2. The lowest BCUT2D eigenvalue weighted by molar-refractivity contribution is -0.137. The van der Waals surface area contributed by atoms with E-state index in [1.807, 2.05) is 32.6 Å². The number of anilines is 1. The number of benzene rings is 1. The fourth-order valence-corrected chi connectivity index (χ4v) is 5.07. The zero-order valence-corrected chi connectivity index (χ0v) is 26.2. The summed E-state index contributed by atoms with van der Waals surface area (Å²) in [6.07, 6.45) is -0.0496. The van der Waals surface area contributed by atoms with E-state index in [9.17, 15) is 22.8 Å². The van der Waals surface area contributed by atoms with Crippen molar-refractivity contribution in [2.24, 2.45) is 5.73 Å². The quantitative estimate of drug-likeness (QED) is 0.342. The first-order chi connectivity index (χ1) is 19.1. The number of aromatic nitrogens is 2. The normalized spacial score (nSPS) is 20.6. The first kappa shape index (κ1) is 36.4. The molecule has 0 radical (unpaired) electrons. The van der Waals surface area contributed by atoms with Crippen LogP contribution in [0.2, 0.25) is 5.28 Å². The average molecular weight is 603 g/mol. The fraction of sp³-hybridized carbons (Fsp3) is 0.655. The minimum absolute atomic E-state index is 0.0444. The standard InChI is InChI=1S/C23H29ClF3N5O.C2H5NO.2C2H6/c1-22(2,3)31-14-5-7-15(8-6-14)32-11-10-18(20(32)33)28-19-16-12-13(23(25,26)27)4-9-17(16)29-21(24)30-19;1-2(3)4;2*1-2/h4,9,12,14-15,18,31H,5-8,10-11H2,1-3H3,(H,28,29,30);1H3,(H2,3,4);2*1-2H3. The summed E-state index contributed by atoms with van der Waals surface area (Å²) in [5.41, 5.74) is 4.02. The molecule has 4 N–H and O–H groups in total. The van der Waals surface area contributed by atoms with E-state index >= 15 is 0 Å². The first-order valence-corrected chi connectivity index (χ1v) is 14.7. The van der Waals surface area contributed by atoms with Crippen molar-refractivity contribution in [3.05, 3.63) is 29.0 Å². The predicted octanol–water partition coefficient (Wildman–Crippen LogP) is 6.56. The fourth-order valence-electron chi connectivity index (χ4n) is 4.89. The van der Waals surface area contributed by atoms with Gasteiger partial charge in [0.1, 0.15) is 11.9 Å². The lowest BCUT2D eigenvalue weighted by atomic mass is 9.89. The number of nitrogens with two attached hydrogens (primary N) is 1. The number of nitrogens with zero attached hydrogens (tertiary/aromatic N) is 3. The van der Waals surface area contributed by atoms with E-state index in [4.69, 9.17) is 11.6 Å². The number of amides is 2. The van der Waals surface area contributed by atoms with Crippen LogP contribution in [0, 0.1) is 0 Å². The number of nitrogens with one attached hydrogen (secondary N) is 2. The number of alkyl halides is 3. The minimum Gasteiger partial charge on any atom is -0.370 e. The molecule has 8 nitrogen and oxygen atoms in total. The number of carbonyl (C=O) groups excluding carboxylic acids is 2. The van der Waals surface area contributed by atoms with Crippen molar-refractivity contribution in [2.45, 2.75) is 117 Å². The van der Waals surface area contributed by atoms with Crippen LogP contribution in [-0.2, 0) is 15.8 Å².